The normalized spacial score (nSPS) is 16.8. The molecule has 7 heteroatoms. The molecule has 5 nitrogen and oxygen atoms in total. The summed E-state index contributed by atoms with van der Waals surface area (Å²) in [4.78, 5) is 2.19. The van der Waals surface area contributed by atoms with Gasteiger partial charge in [0.25, 0.3) is 0 Å². The first-order chi connectivity index (χ1) is 6.50. The molecule has 2 rings (SSSR count). The average molecular weight is 233 g/mol. The average Bonchev–Trinajstić information content (AvgIpc) is 2.26. The van der Waals surface area contributed by atoms with Gasteiger partial charge < -0.3 is 10.6 Å². The van der Waals surface area contributed by atoms with Crippen LogP contribution in [0.25, 0.3) is 0 Å². The van der Waals surface area contributed by atoms with E-state index in [4.69, 9.17) is 5.73 Å². The number of nitrogens with two attached hydrogens (primary N) is 1. The molecule has 0 saturated carbocycles. The molecule has 0 radical (unpaired) electrons. The first-order valence-corrected chi connectivity index (χ1v) is 6.87. The van der Waals surface area contributed by atoms with E-state index in [0.29, 0.717) is 5.00 Å². The zero-order chi connectivity index (χ0) is 10.3. The van der Waals surface area contributed by atoms with Gasteiger partial charge in [-0.1, -0.05) is 0 Å². The molecule has 1 aromatic heterocycles. The fourth-order valence-corrected chi connectivity index (χ4v) is 3.61. The molecule has 1 fully saturated rings. The Hall–Kier alpha value is -0.820. The second kappa shape index (κ2) is 3.09. The monoisotopic (exact) mass is 233 g/mol. The predicted octanol–water partition coefficient (Wildman–Crippen LogP) is 0.339. The van der Waals surface area contributed by atoms with Crippen molar-refractivity contribution in [2.75, 3.05) is 30.0 Å². The van der Waals surface area contributed by atoms with Crippen molar-refractivity contribution in [2.45, 2.75) is 11.3 Å². The molecule has 14 heavy (non-hydrogen) atoms. The Bertz CT molecular complexity index is 448. The Morgan fingerprint density at radius 3 is 2.57 bits per heavy atom. The van der Waals surface area contributed by atoms with E-state index in [9.17, 15) is 8.42 Å². The number of hydrogen-bond donors (Lipinski definition) is 1. The third-order valence-electron chi connectivity index (χ3n) is 2.17. The van der Waals surface area contributed by atoms with Crippen molar-refractivity contribution < 1.29 is 8.42 Å². The number of nitrogens with zero attached hydrogens (tertiary/aromatic N) is 2. The largest absolute Gasteiger partial charge is 0.382 e. The van der Waals surface area contributed by atoms with Gasteiger partial charge in [0.15, 0.2) is 15.7 Å². The van der Waals surface area contributed by atoms with Crippen LogP contribution in [0.2, 0.25) is 0 Å². The highest BCUT2D eigenvalue weighted by atomic mass is 32.2. The van der Waals surface area contributed by atoms with Crippen LogP contribution < -0.4 is 10.6 Å². The summed E-state index contributed by atoms with van der Waals surface area (Å²) in [5.41, 5.74) is 5.54. The fourth-order valence-electron chi connectivity index (χ4n) is 1.35. The number of nitrogen functional groups attached to an aromatic ring is 1. The molecule has 0 aliphatic carbocycles. The smallest absolute Gasteiger partial charge is 0.182 e. The summed E-state index contributed by atoms with van der Waals surface area (Å²) in [5.74, 6) is 0.124. The van der Waals surface area contributed by atoms with Gasteiger partial charge in [-0.25, -0.2) is 8.42 Å². The number of hydrogen-bond acceptors (Lipinski definition) is 6. The number of sulfone groups is 1. The molecule has 0 amide bonds. The Morgan fingerprint density at radius 2 is 2.14 bits per heavy atom. The number of rotatable bonds is 2. The standard InChI is InChI=1S/C7H11N3O2S2/c1-14(11,12)5-6(8)9-13-7(5)10-3-2-4-10/h2-4H2,1H3,(H2,8,9). The minimum atomic E-state index is -3.26. The summed E-state index contributed by atoms with van der Waals surface area (Å²) in [6, 6.07) is 0. The maximum Gasteiger partial charge on any atom is 0.182 e. The van der Waals surface area contributed by atoms with Crippen LogP contribution in [0, 0.1) is 0 Å². The van der Waals surface area contributed by atoms with Crippen molar-refractivity contribution in [3.05, 3.63) is 0 Å². The first kappa shape index (κ1) is 9.72. The van der Waals surface area contributed by atoms with Crippen LogP contribution in [0.1, 0.15) is 6.42 Å². The van der Waals surface area contributed by atoms with E-state index < -0.39 is 9.84 Å². The molecule has 0 aromatic carbocycles. The molecule has 2 N–H and O–H groups in total. The van der Waals surface area contributed by atoms with Gasteiger partial charge >= 0.3 is 0 Å². The highest BCUT2D eigenvalue weighted by molar-refractivity contribution is 7.91. The molecule has 1 aromatic rings. The number of aromatic nitrogens is 1. The summed E-state index contributed by atoms with van der Waals surface area (Å²) < 4.78 is 26.8. The lowest BCUT2D eigenvalue weighted by molar-refractivity contribution is 0.596. The third kappa shape index (κ3) is 1.46. The van der Waals surface area contributed by atoms with Gasteiger partial charge in [-0.3, -0.25) is 0 Å². The van der Waals surface area contributed by atoms with Crippen molar-refractivity contribution in [3.8, 4) is 0 Å². The van der Waals surface area contributed by atoms with Gasteiger partial charge in [0, 0.05) is 19.3 Å². The number of anilines is 2. The first-order valence-electron chi connectivity index (χ1n) is 4.20. The van der Waals surface area contributed by atoms with Crippen LogP contribution in [0.5, 0.6) is 0 Å². The Balaban J connectivity index is 2.51. The zero-order valence-corrected chi connectivity index (χ0v) is 9.36. The summed E-state index contributed by atoms with van der Waals surface area (Å²) >= 11 is 1.16. The lowest BCUT2D eigenvalue weighted by Gasteiger charge is -2.31. The van der Waals surface area contributed by atoms with E-state index in [1.54, 1.807) is 0 Å². The lowest BCUT2D eigenvalue weighted by atomic mass is 10.2. The fraction of sp³-hybridized carbons (Fsp3) is 0.571. The lowest BCUT2D eigenvalue weighted by Crippen LogP contribution is -2.37. The maximum atomic E-state index is 11.4. The van der Waals surface area contributed by atoms with E-state index in [-0.39, 0.29) is 10.7 Å². The van der Waals surface area contributed by atoms with Crippen LogP contribution in [0.15, 0.2) is 4.90 Å². The van der Waals surface area contributed by atoms with Gasteiger partial charge in [-0.2, -0.15) is 4.37 Å². The maximum absolute atomic E-state index is 11.4. The van der Waals surface area contributed by atoms with Crippen LogP contribution >= 0.6 is 11.5 Å². The van der Waals surface area contributed by atoms with E-state index in [2.05, 4.69) is 4.37 Å². The molecule has 1 aliphatic heterocycles. The molecule has 2 heterocycles. The van der Waals surface area contributed by atoms with E-state index in [1.807, 2.05) is 4.90 Å². The highest BCUT2D eigenvalue weighted by Crippen LogP contribution is 2.36. The van der Waals surface area contributed by atoms with Gasteiger partial charge in [0.1, 0.15) is 9.90 Å². The van der Waals surface area contributed by atoms with Crippen molar-refractivity contribution in [1.82, 2.24) is 4.37 Å². The molecule has 0 bridgehead atoms. The molecular formula is C7H11N3O2S2. The zero-order valence-electron chi connectivity index (χ0n) is 7.73. The van der Waals surface area contributed by atoms with Crippen molar-refractivity contribution in [3.63, 3.8) is 0 Å². The van der Waals surface area contributed by atoms with Crippen LogP contribution in [-0.2, 0) is 9.84 Å². The van der Waals surface area contributed by atoms with Crippen molar-refractivity contribution >= 4 is 32.2 Å². The molecule has 0 atom stereocenters. The Morgan fingerprint density at radius 1 is 1.50 bits per heavy atom. The van der Waals surface area contributed by atoms with Crippen LogP contribution in [-0.4, -0.2) is 32.1 Å². The summed E-state index contributed by atoms with van der Waals surface area (Å²) in [5, 5.41) is 0.691. The Kier molecular flexibility index (Phi) is 2.15. The second-order valence-corrected chi connectivity index (χ2v) is 6.02. The minimum absolute atomic E-state index is 0.124. The van der Waals surface area contributed by atoms with Crippen LogP contribution in [0.3, 0.4) is 0 Å². The van der Waals surface area contributed by atoms with Gasteiger partial charge in [0.2, 0.25) is 0 Å². The van der Waals surface area contributed by atoms with E-state index in [0.717, 1.165) is 37.3 Å². The molecule has 0 unspecified atom stereocenters. The third-order valence-corrected chi connectivity index (χ3v) is 4.37. The summed E-state index contributed by atoms with van der Waals surface area (Å²) in [7, 11) is -3.26. The predicted molar refractivity (Wildman–Crippen MR) is 56.5 cm³/mol. The quantitative estimate of drug-likeness (QED) is 0.797. The van der Waals surface area contributed by atoms with Crippen LogP contribution in [0.4, 0.5) is 10.8 Å². The Labute approximate surface area is 86.6 Å². The second-order valence-electron chi connectivity index (χ2n) is 3.31. The van der Waals surface area contributed by atoms with Gasteiger partial charge in [0.05, 0.1) is 0 Å². The van der Waals surface area contributed by atoms with E-state index >= 15 is 0 Å². The van der Waals surface area contributed by atoms with Crippen molar-refractivity contribution in [2.24, 2.45) is 0 Å². The summed E-state index contributed by atoms with van der Waals surface area (Å²) in [6.45, 7) is 1.79. The van der Waals surface area contributed by atoms with E-state index in [1.165, 1.54) is 0 Å². The molecule has 0 spiro atoms. The minimum Gasteiger partial charge on any atom is -0.382 e. The van der Waals surface area contributed by atoms with Gasteiger partial charge in [-0.05, 0) is 18.0 Å². The molecule has 1 saturated heterocycles. The topological polar surface area (TPSA) is 76.3 Å². The SMILES string of the molecule is CS(=O)(=O)c1c(N)nsc1N1CCC1. The molecular weight excluding hydrogens is 222 g/mol. The summed E-state index contributed by atoms with van der Waals surface area (Å²) in [6.07, 6.45) is 2.26. The molecule has 1 aliphatic rings. The highest BCUT2D eigenvalue weighted by Gasteiger charge is 2.27. The van der Waals surface area contributed by atoms with Gasteiger partial charge in [-0.15, -0.1) is 0 Å². The molecule has 78 valence electrons. The van der Waals surface area contributed by atoms with Crippen molar-refractivity contribution in [1.29, 1.82) is 0 Å².